The first-order valence-electron chi connectivity index (χ1n) is 9.51. The van der Waals surface area contributed by atoms with Gasteiger partial charge in [0.15, 0.2) is 11.5 Å². The first-order valence-corrected chi connectivity index (χ1v) is 9.51. The maximum absolute atomic E-state index is 12.2. The van der Waals surface area contributed by atoms with Gasteiger partial charge in [0.1, 0.15) is 5.82 Å². The van der Waals surface area contributed by atoms with E-state index in [9.17, 15) is 4.79 Å². The SMILES string of the molecule is COc1ccc(/C=C/C(=O)Nc2ccc(N3CCC(C)CC3)nc2)cc1OC. The number of pyridine rings is 1. The van der Waals surface area contributed by atoms with Crippen LogP contribution in [0.5, 0.6) is 11.5 Å². The monoisotopic (exact) mass is 381 g/mol. The molecule has 0 radical (unpaired) electrons. The predicted octanol–water partition coefficient (Wildman–Crippen LogP) is 3.99. The maximum Gasteiger partial charge on any atom is 0.248 e. The minimum atomic E-state index is -0.212. The van der Waals surface area contributed by atoms with Crippen LogP contribution in [0.2, 0.25) is 0 Å². The zero-order chi connectivity index (χ0) is 19.9. The van der Waals surface area contributed by atoms with Gasteiger partial charge in [0.25, 0.3) is 0 Å². The number of hydrogen-bond acceptors (Lipinski definition) is 5. The highest BCUT2D eigenvalue weighted by Crippen LogP contribution is 2.28. The van der Waals surface area contributed by atoms with E-state index < -0.39 is 0 Å². The lowest BCUT2D eigenvalue weighted by molar-refractivity contribution is -0.111. The zero-order valence-corrected chi connectivity index (χ0v) is 16.6. The second kappa shape index (κ2) is 9.26. The van der Waals surface area contributed by atoms with Crippen LogP contribution < -0.4 is 19.7 Å². The number of hydrogen-bond donors (Lipinski definition) is 1. The molecular formula is C22H27N3O3. The van der Waals surface area contributed by atoms with E-state index in [1.165, 1.54) is 18.9 Å². The highest BCUT2D eigenvalue weighted by molar-refractivity contribution is 6.01. The van der Waals surface area contributed by atoms with E-state index in [1.54, 1.807) is 32.6 Å². The van der Waals surface area contributed by atoms with Gasteiger partial charge in [-0.2, -0.15) is 0 Å². The average Bonchev–Trinajstić information content (AvgIpc) is 2.73. The lowest BCUT2D eigenvalue weighted by Gasteiger charge is -2.31. The van der Waals surface area contributed by atoms with Gasteiger partial charge in [-0.15, -0.1) is 0 Å². The summed E-state index contributed by atoms with van der Waals surface area (Å²) in [5, 5.41) is 2.84. The largest absolute Gasteiger partial charge is 0.493 e. The molecule has 0 unspecified atom stereocenters. The topological polar surface area (TPSA) is 63.7 Å². The molecule has 2 aromatic rings. The molecule has 1 saturated heterocycles. The Morgan fingerprint density at radius 2 is 1.89 bits per heavy atom. The zero-order valence-electron chi connectivity index (χ0n) is 16.6. The Labute approximate surface area is 166 Å². The van der Waals surface area contributed by atoms with Crippen LogP contribution in [0, 0.1) is 5.92 Å². The van der Waals surface area contributed by atoms with Crippen molar-refractivity contribution in [1.29, 1.82) is 0 Å². The molecule has 1 aromatic carbocycles. The summed E-state index contributed by atoms with van der Waals surface area (Å²) in [5.41, 5.74) is 1.52. The summed E-state index contributed by atoms with van der Waals surface area (Å²) in [6.45, 7) is 4.36. The Hall–Kier alpha value is -3.02. The van der Waals surface area contributed by atoms with Gasteiger partial charge in [-0.05, 0) is 54.7 Å². The van der Waals surface area contributed by atoms with E-state index in [4.69, 9.17) is 9.47 Å². The molecule has 1 amide bonds. The number of piperidine rings is 1. The summed E-state index contributed by atoms with van der Waals surface area (Å²) in [7, 11) is 3.17. The molecule has 0 saturated carbocycles. The van der Waals surface area contributed by atoms with Crippen LogP contribution in [0.1, 0.15) is 25.3 Å². The molecule has 28 heavy (non-hydrogen) atoms. The van der Waals surface area contributed by atoms with Crippen molar-refractivity contribution in [1.82, 2.24) is 4.98 Å². The Morgan fingerprint density at radius 1 is 1.14 bits per heavy atom. The average molecular weight is 381 g/mol. The second-order valence-electron chi connectivity index (χ2n) is 7.01. The number of carbonyl (C=O) groups is 1. The third-order valence-electron chi connectivity index (χ3n) is 4.96. The molecule has 1 fully saturated rings. The Morgan fingerprint density at radius 3 is 2.54 bits per heavy atom. The van der Waals surface area contributed by atoms with E-state index in [0.717, 1.165) is 30.4 Å². The number of aromatic nitrogens is 1. The number of benzene rings is 1. The Balaban J connectivity index is 1.58. The molecule has 6 nitrogen and oxygen atoms in total. The van der Waals surface area contributed by atoms with E-state index >= 15 is 0 Å². The van der Waals surface area contributed by atoms with Gasteiger partial charge in [-0.1, -0.05) is 13.0 Å². The third kappa shape index (κ3) is 5.03. The van der Waals surface area contributed by atoms with Crippen molar-refractivity contribution < 1.29 is 14.3 Å². The predicted molar refractivity (Wildman–Crippen MR) is 112 cm³/mol. The highest BCUT2D eigenvalue weighted by Gasteiger charge is 2.16. The van der Waals surface area contributed by atoms with Crippen molar-refractivity contribution in [3.63, 3.8) is 0 Å². The summed E-state index contributed by atoms with van der Waals surface area (Å²) in [6.07, 6.45) is 7.31. The number of ether oxygens (including phenoxy) is 2. The summed E-state index contributed by atoms with van der Waals surface area (Å²) >= 11 is 0. The molecule has 1 aliphatic rings. The first kappa shape index (κ1) is 19.7. The summed E-state index contributed by atoms with van der Waals surface area (Å²) < 4.78 is 10.5. The van der Waals surface area contributed by atoms with E-state index in [2.05, 4.69) is 22.1 Å². The fourth-order valence-electron chi connectivity index (χ4n) is 3.20. The normalized spacial score (nSPS) is 14.9. The van der Waals surface area contributed by atoms with Gasteiger partial charge in [0.2, 0.25) is 5.91 Å². The van der Waals surface area contributed by atoms with Crippen LogP contribution in [-0.2, 0) is 4.79 Å². The number of anilines is 2. The van der Waals surface area contributed by atoms with Crippen molar-refractivity contribution in [2.24, 2.45) is 5.92 Å². The molecule has 148 valence electrons. The summed E-state index contributed by atoms with van der Waals surface area (Å²) in [5.74, 6) is 2.81. The highest BCUT2D eigenvalue weighted by atomic mass is 16.5. The molecule has 0 atom stereocenters. The van der Waals surface area contributed by atoms with Gasteiger partial charge in [0.05, 0.1) is 26.1 Å². The Kier molecular flexibility index (Phi) is 6.53. The second-order valence-corrected chi connectivity index (χ2v) is 7.01. The maximum atomic E-state index is 12.2. The molecule has 1 N–H and O–H groups in total. The lowest BCUT2D eigenvalue weighted by atomic mass is 9.99. The van der Waals surface area contributed by atoms with Crippen LogP contribution >= 0.6 is 0 Å². The van der Waals surface area contributed by atoms with Gasteiger partial charge >= 0.3 is 0 Å². The van der Waals surface area contributed by atoms with Crippen molar-refractivity contribution in [3.05, 3.63) is 48.2 Å². The van der Waals surface area contributed by atoms with Gasteiger partial charge in [0, 0.05) is 19.2 Å². The molecule has 2 heterocycles. The fourth-order valence-corrected chi connectivity index (χ4v) is 3.20. The molecule has 1 aromatic heterocycles. The quantitative estimate of drug-likeness (QED) is 0.767. The minimum absolute atomic E-state index is 0.212. The van der Waals surface area contributed by atoms with Crippen LogP contribution in [0.4, 0.5) is 11.5 Å². The summed E-state index contributed by atoms with van der Waals surface area (Å²) in [6, 6.07) is 9.34. The number of carbonyl (C=O) groups excluding carboxylic acids is 1. The van der Waals surface area contributed by atoms with Crippen LogP contribution in [-0.4, -0.2) is 38.2 Å². The Bertz CT molecular complexity index is 825. The molecule has 0 bridgehead atoms. The first-order chi connectivity index (χ1) is 13.6. The standard InChI is InChI=1S/C22H27N3O3/c1-16-10-12-25(13-11-16)21-8-6-18(15-23-21)24-22(26)9-5-17-4-7-19(27-2)20(14-17)28-3/h4-9,14-16H,10-13H2,1-3H3,(H,24,26)/b9-5+. The lowest BCUT2D eigenvalue weighted by Crippen LogP contribution is -2.33. The van der Waals surface area contributed by atoms with Gasteiger partial charge in [-0.25, -0.2) is 4.98 Å². The molecule has 0 aliphatic carbocycles. The van der Waals surface area contributed by atoms with Gasteiger partial charge < -0.3 is 19.7 Å². The minimum Gasteiger partial charge on any atom is -0.493 e. The van der Waals surface area contributed by atoms with E-state index in [1.807, 2.05) is 24.3 Å². The fraction of sp³-hybridized carbons (Fsp3) is 0.364. The van der Waals surface area contributed by atoms with Crippen molar-refractivity contribution in [2.75, 3.05) is 37.5 Å². The number of rotatable bonds is 6. The molecular weight excluding hydrogens is 354 g/mol. The molecule has 6 heteroatoms. The van der Waals surface area contributed by atoms with Crippen molar-refractivity contribution >= 4 is 23.5 Å². The smallest absolute Gasteiger partial charge is 0.248 e. The molecule has 1 aliphatic heterocycles. The van der Waals surface area contributed by atoms with Gasteiger partial charge in [-0.3, -0.25) is 4.79 Å². The number of nitrogens with one attached hydrogen (secondary N) is 1. The van der Waals surface area contributed by atoms with E-state index in [-0.39, 0.29) is 5.91 Å². The number of amides is 1. The molecule has 0 spiro atoms. The van der Waals surface area contributed by atoms with Crippen LogP contribution in [0.3, 0.4) is 0 Å². The number of methoxy groups -OCH3 is 2. The molecule has 3 rings (SSSR count). The van der Waals surface area contributed by atoms with E-state index in [0.29, 0.717) is 17.2 Å². The van der Waals surface area contributed by atoms with Crippen LogP contribution in [0.15, 0.2) is 42.6 Å². The number of nitrogens with zero attached hydrogens (tertiary/aromatic N) is 2. The van der Waals surface area contributed by atoms with Crippen LogP contribution in [0.25, 0.3) is 6.08 Å². The van der Waals surface area contributed by atoms with Crippen molar-refractivity contribution in [2.45, 2.75) is 19.8 Å². The van der Waals surface area contributed by atoms with Crippen molar-refractivity contribution in [3.8, 4) is 11.5 Å². The summed E-state index contributed by atoms with van der Waals surface area (Å²) in [4.78, 5) is 19.0. The third-order valence-corrected chi connectivity index (χ3v) is 4.96.